The number of carbonyl (C=O) groups excluding carboxylic acids is 2. The summed E-state index contributed by atoms with van der Waals surface area (Å²) < 4.78 is 18.4. The number of benzene rings is 1. The van der Waals surface area contributed by atoms with Crippen LogP contribution in [-0.4, -0.2) is 23.5 Å². The molecule has 0 radical (unpaired) electrons. The van der Waals surface area contributed by atoms with Gasteiger partial charge in [0.1, 0.15) is 11.4 Å². The van der Waals surface area contributed by atoms with E-state index < -0.39 is 29.3 Å². The smallest absolute Gasteiger partial charge is 0.426 e. The number of carbonyl (C=O) groups is 2. The Morgan fingerprint density at radius 2 is 2.00 bits per heavy atom. The Hall–Kier alpha value is -1.82. The predicted molar refractivity (Wildman–Crippen MR) is 86.6 cm³/mol. The van der Waals surface area contributed by atoms with Crippen LogP contribution in [0.5, 0.6) is 0 Å². The second-order valence-corrected chi connectivity index (χ2v) is 6.43. The minimum absolute atomic E-state index is 0.387. The van der Waals surface area contributed by atoms with Crippen LogP contribution in [-0.2, 0) is 9.53 Å². The van der Waals surface area contributed by atoms with E-state index in [1.807, 2.05) is 0 Å². The number of hydrogen-bond acceptors (Lipinski definition) is 3. The number of rotatable bonds is 5. The zero-order valence-electron chi connectivity index (χ0n) is 13.5. The molecule has 128 valence electrons. The molecule has 1 rings (SSSR count). The van der Waals surface area contributed by atoms with Gasteiger partial charge in [-0.3, -0.25) is 10.2 Å². The summed E-state index contributed by atoms with van der Waals surface area (Å²) in [6, 6.07) is 5.80. The van der Waals surface area contributed by atoms with Gasteiger partial charge in [-0.1, -0.05) is 12.1 Å². The highest BCUT2D eigenvalue weighted by atomic mass is 35.5. The maximum Gasteiger partial charge on any atom is 0.426 e. The van der Waals surface area contributed by atoms with Crippen molar-refractivity contribution in [3.63, 3.8) is 0 Å². The first-order valence-corrected chi connectivity index (χ1v) is 7.86. The second-order valence-electron chi connectivity index (χ2n) is 6.05. The van der Waals surface area contributed by atoms with Crippen molar-refractivity contribution in [3.8, 4) is 0 Å². The summed E-state index contributed by atoms with van der Waals surface area (Å²) in [5.74, 6) is -1.10. The first kappa shape index (κ1) is 19.2. The standard InChI is InChI=1S/C16H22ClFN2O3/c1-16(2,3)23-15(22)20-19-14(21)13(8-5-9-17)11-6-4-7-12(18)10-11/h4,6-7,10,13H,5,8-9H2,1-3H3,(H,19,21)(H,20,22). The van der Waals surface area contributed by atoms with E-state index in [1.54, 1.807) is 26.8 Å². The zero-order valence-corrected chi connectivity index (χ0v) is 14.2. The lowest BCUT2D eigenvalue weighted by Gasteiger charge is -2.21. The lowest BCUT2D eigenvalue weighted by atomic mass is 9.94. The lowest BCUT2D eigenvalue weighted by molar-refractivity contribution is -0.123. The third-order valence-corrected chi connectivity index (χ3v) is 3.15. The van der Waals surface area contributed by atoms with Crippen molar-refractivity contribution in [2.24, 2.45) is 0 Å². The van der Waals surface area contributed by atoms with Crippen molar-refractivity contribution in [1.29, 1.82) is 0 Å². The number of nitrogens with one attached hydrogen (secondary N) is 2. The quantitative estimate of drug-likeness (QED) is 0.634. The molecule has 0 aliphatic heterocycles. The largest absolute Gasteiger partial charge is 0.443 e. The molecule has 0 heterocycles. The highest BCUT2D eigenvalue weighted by molar-refractivity contribution is 6.17. The van der Waals surface area contributed by atoms with Gasteiger partial charge < -0.3 is 4.74 Å². The number of alkyl halides is 1. The SMILES string of the molecule is CC(C)(C)OC(=O)NNC(=O)C(CCCCl)c1cccc(F)c1. The van der Waals surface area contributed by atoms with E-state index >= 15 is 0 Å². The van der Waals surface area contributed by atoms with Gasteiger partial charge in [0.25, 0.3) is 0 Å². The summed E-state index contributed by atoms with van der Waals surface area (Å²) in [5.41, 5.74) is 4.35. The van der Waals surface area contributed by atoms with E-state index in [9.17, 15) is 14.0 Å². The fourth-order valence-electron chi connectivity index (χ4n) is 1.96. The van der Waals surface area contributed by atoms with Gasteiger partial charge in [-0.15, -0.1) is 11.6 Å². The molecule has 0 fully saturated rings. The summed E-state index contributed by atoms with van der Waals surface area (Å²) in [5, 5.41) is 0. The Bertz CT molecular complexity index is 546. The van der Waals surface area contributed by atoms with Gasteiger partial charge in [-0.2, -0.15) is 0 Å². The number of hydrazine groups is 1. The molecule has 1 atom stereocenters. The van der Waals surface area contributed by atoms with E-state index in [4.69, 9.17) is 16.3 Å². The molecule has 0 aliphatic carbocycles. The van der Waals surface area contributed by atoms with Crippen LogP contribution in [0.15, 0.2) is 24.3 Å². The maximum absolute atomic E-state index is 13.4. The summed E-state index contributed by atoms with van der Waals surface area (Å²) >= 11 is 5.67. The number of amides is 2. The van der Waals surface area contributed by atoms with Gasteiger partial charge in [-0.25, -0.2) is 14.6 Å². The van der Waals surface area contributed by atoms with Crippen LogP contribution in [0, 0.1) is 5.82 Å². The van der Waals surface area contributed by atoms with Gasteiger partial charge in [0.15, 0.2) is 0 Å². The van der Waals surface area contributed by atoms with Crippen LogP contribution in [0.4, 0.5) is 9.18 Å². The van der Waals surface area contributed by atoms with Gasteiger partial charge in [0.2, 0.25) is 5.91 Å². The highest BCUT2D eigenvalue weighted by Crippen LogP contribution is 2.22. The molecule has 1 unspecified atom stereocenters. The van der Waals surface area contributed by atoms with Crippen molar-refractivity contribution in [2.45, 2.75) is 45.1 Å². The minimum atomic E-state index is -0.763. The Morgan fingerprint density at radius 3 is 2.57 bits per heavy atom. The average Bonchev–Trinajstić information content (AvgIpc) is 2.44. The summed E-state index contributed by atoms with van der Waals surface area (Å²) in [7, 11) is 0. The summed E-state index contributed by atoms with van der Waals surface area (Å²) in [4.78, 5) is 23.8. The van der Waals surface area contributed by atoms with Crippen LogP contribution in [0.25, 0.3) is 0 Å². The molecular weight excluding hydrogens is 323 g/mol. The lowest BCUT2D eigenvalue weighted by Crippen LogP contribution is -2.46. The molecule has 0 spiro atoms. The van der Waals surface area contributed by atoms with Gasteiger partial charge in [0.05, 0.1) is 5.92 Å². The maximum atomic E-state index is 13.4. The molecule has 2 amide bonds. The Morgan fingerprint density at radius 1 is 1.30 bits per heavy atom. The topological polar surface area (TPSA) is 67.4 Å². The Labute approximate surface area is 140 Å². The van der Waals surface area contributed by atoms with Crippen molar-refractivity contribution >= 4 is 23.6 Å². The van der Waals surface area contributed by atoms with Crippen LogP contribution in [0.2, 0.25) is 0 Å². The van der Waals surface area contributed by atoms with Crippen LogP contribution >= 0.6 is 11.6 Å². The molecule has 0 bridgehead atoms. The van der Waals surface area contributed by atoms with Crippen molar-refractivity contribution in [2.75, 3.05) is 5.88 Å². The molecule has 1 aromatic carbocycles. The predicted octanol–water partition coefficient (Wildman–Crippen LogP) is 3.48. The van der Waals surface area contributed by atoms with Gasteiger partial charge in [-0.05, 0) is 51.3 Å². The summed E-state index contributed by atoms with van der Waals surface area (Å²) in [6.45, 7) is 5.14. The molecule has 0 saturated heterocycles. The Balaban J connectivity index is 2.71. The molecule has 7 heteroatoms. The monoisotopic (exact) mass is 344 g/mol. The van der Waals surface area contributed by atoms with E-state index in [1.165, 1.54) is 18.2 Å². The molecule has 0 saturated carbocycles. The van der Waals surface area contributed by atoms with E-state index in [0.717, 1.165) is 0 Å². The van der Waals surface area contributed by atoms with E-state index in [2.05, 4.69) is 10.9 Å². The first-order valence-electron chi connectivity index (χ1n) is 7.33. The van der Waals surface area contributed by atoms with Crippen LogP contribution in [0.3, 0.4) is 0 Å². The first-order chi connectivity index (χ1) is 10.7. The molecule has 0 aliphatic rings. The fourth-order valence-corrected chi connectivity index (χ4v) is 2.11. The van der Waals surface area contributed by atoms with Crippen molar-refractivity contribution in [1.82, 2.24) is 10.9 Å². The zero-order chi connectivity index (χ0) is 17.5. The molecule has 5 nitrogen and oxygen atoms in total. The third kappa shape index (κ3) is 7.32. The average molecular weight is 345 g/mol. The van der Waals surface area contributed by atoms with Crippen LogP contribution in [0.1, 0.15) is 45.1 Å². The number of ether oxygens (including phenoxy) is 1. The molecule has 1 aromatic rings. The molecular formula is C16H22ClFN2O3. The second kappa shape index (κ2) is 8.72. The molecule has 0 aromatic heterocycles. The van der Waals surface area contributed by atoms with E-state index in [-0.39, 0.29) is 0 Å². The summed E-state index contributed by atoms with van der Waals surface area (Å²) in [6.07, 6.45) is 0.262. The molecule has 23 heavy (non-hydrogen) atoms. The number of hydrogen-bond donors (Lipinski definition) is 2. The van der Waals surface area contributed by atoms with E-state index in [0.29, 0.717) is 24.3 Å². The van der Waals surface area contributed by atoms with Crippen molar-refractivity contribution < 1.29 is 18.7 Å². The highest BCUT2D eigenvalue weighted by Gasteiger charge is 2.22. The fraction of sp³-hybridized carbons (Fsp3) is 0.500. The van der Waals surface area contributed by atoms with Crippen LogP contribution < -0.4 is 10.9 Å². The number of halogens is 2. The van der Waals surface area contributed by atoms with Gasteiger partial charge in [0, 0.05) is 5.88 Å². The Kier molecular flexibility index (Phi) is 7.29. The normalized spacial score (nSPS) is 12.4. The third-order valence-electron chi connectivity index (χ3n) is 2.88. The van der Waals surface area contributed by atoms with Crippen molar-refractivity contribution in [3.05, 3.63) is 35.6 Å². The van der Waals surface area contributed by atoms with Gasteiger partial charge >= 0.3 is 6.09 Å². The molecule has 2 N–H and O–H groups in total. The minimum Gasteiger partial charge on any atom is -0.443 e.